The molecule has 0 aliphatic carbocycles. The molecule has 0 bridgehead atoms. The topological polar surface area (TPSA) is 30.9 Å². The van der Waals surface area contributed by atoms with Gasteiger partial charge in [0, 0.05) is 27.2 Å². The van der Waals surface area contributed by atoms with Crippen LogP contribution in [0.15, 0.2) is 29.3 Å². The quantitative estimate of drug-likeness (QED) is 0.265. The third kappa shape index (κ3) is 8.66. The van der Waals surface area contributed by atoms with Crippen LogP contribution in [-0.2, 0) is 6.54 Å². The molecule has 1 fully saturated rings. The summed E-state index contributed by atoms with van der Waals surface area (Å²) < 4.78 is 13.3. The highest BCUT2D eigenvalue weighted by Crippen LogP contribution is 2.10. The first kappa shape index (κ1) is 23.1. The molecule has 1 saturated heterocycles. The van der Waals surface area contributed by atoms with Gasteiger partial charge in [-0.25, -0.2) is 4.39 Å². The maximum Gasteiger partial charge on any atom is 0.193 e. The summed E-state index contributed by atoms with van der Waals surface area (Å²) in [6.07, 6.45) is 7.82. The van der Waals surface area contributed by atoms with Crippen molar-refractivity contribution in [1.29, 1.82) is 0 Å². The van der Waals surface area contributed by atoms with Gasteiger partial charge in [0.05, 0.1) is 0 Å². The Morgan fingerprint density at radius 1 is 1.19 bits per heavy atom. The lowest BCUT2D eigenvalue weighted by atomic mass is 10.1. The molecule has 148 valence electrons. The van der Waals surface area contributed by atoms with E-state index in [1.165, 1.54) is 57.8 Å². The molecule has 0 amide bonds. The number of benzene rings is 1. The second-order valence-corrected chi connectivity index (χ2v) is 6.92. The predicted octanol–water partition coefficient (Wildman–Crippen LogP) is 4.11. The van der Waals surface area contributed by atoms with E-state index in [0.29, 0.717) is 6.54 Å². The number of guanidine groups is 1. The van der Waals surface area contributed by atoms with Crippen LogP contribution in [0.5, 0.6) is 0 Å². The van der Waals surface area contributed by atoms with Gasteiger partial charge in [0.15, 0.2) is 5.96 Å². The summed E-state index contributed by atoms with van der Waals surface area (Å²) in [4.78, 5) is 8.96. The van der Waals surface area contributed by atoms with Crippen molar-refractivity contribution >= 4 is 29.9 Å². The second kappa shape index (κ2) is 13.3. The normalized spacial score (nSPS) is 15.4. The van der Waals surface area contributed by atoms with Crippen molar-refractivity contribution in [3.05, 3.63) is 35.6 Å². The molecule has 0 saturated carbocycles. The monoisotopic (exact) mass is 476 g/mol. The summed E-state index contributed by atoms with van der Waals surface area (Å²) in [5.74, 6) is 0.669. The summed E-state index contributed by atoms with van der Waals surface area (Å²) in [5, 5.41) is 3.41. The first-order valence-corrected chi connectivity index (χ1v) is 9.57. The molecule has 1 N–H and O–H groups in total. The van der Waals surface area contributed by atoms with Crippen LogP contribution < -0.4 is 5.32 Å². The molecule has 1 heterocycles. The van der Waals surface area contributed by atoms with Crippen LogP contribution in [0.2, 0.25) is 0 Å². The summed E-state index contributed by atoms with van der Waals surface area (Å²) in [6.45, 7) is 5.40. The second-order valence-electron chi connectivity index (χ2n) is 6.92. The number of nitrogens with one attached hydrogen (secondary N) is 1. The van der Waals surface area contributed by atoms with E-state index in [2.05, 4.69) is 15.2 Å². The highest BCUT2D eigenvalue weighted by molar-refractivity contribution is 14.0. The Bertz CT molecular complexity index is 532. The number of aliphatic imine (C=N–C) groups is 1. The highest BCUT2D eigenvalue weighted by Gasteiger charge is 2.09. The van der Waals surface area contributed by atoms with Gasteiger partial charge >= 0.3 is 0 Å². The van der Waals surface area contributed by atoms with Gasteiger partial charge in [-0.1, -0.05) is 25.0 Å². The minimum atomic E-state index is -0.192. The highest BCUT2D eigenvalue weighted by atomic mass is 127. The van der Waals surface area contributed by atoms with E-state index < -0.39 is 0 Å². The Kier molecular flexibility index (Phi) is 11.8. The maximum absolute atomic E-state index is 13.3. The van der Waals surface area contributed by atoms with Crippen LogP contribution in [0.3, 0.4) is 0 Å². The zero-order valence-corrected chi connectivity index (χ0v) is 18.5. The molecule has 0 atom stereocenters. The molecule has 6 heteroatoms. The van der Waals surface area contributed by atoms with E-state index in [-0.39, 0.29) is 29.8 Å². The molecule has 0 spiro atoms. The Morgan fingerprint density at radius 3 is 2.65 bits per heavy atom. The average molecular weight is 476 g/mol. The molecule has 1 aromatic carbocycles. The van der Waals surface area contributed by atoms with Crippen molar-refractivity contribution in [1.82, 2.24) is 15.1 Å². The summed E-state index contributed by atoms with van der Waals surface area (Å²) >= 11 is 0. The summed E-state index contributed by atoms with van der Waals surface area (Å²) in [6, 6.07) is 6.73. The number of piperidine rings is 1. The molecule has 26 heavy (non-hydrogen) atoms. The maximum atomic E-state index is 13.3. The van der Waals surface area contributed by atoms with E-state index in [0.717, 1.165) is 24.5 Å². The molecule has 2 rings (SSSR count). The third-order valence-electron chi connectivity index (χ3n) is 4.77. The standard InChI is InChI=1S/C20H33FN4.HI/c1-22-20(24(2)17-18-10-9-11-19(21)16-18)23-12-5-3-6-13-25-14-7-4-8-15-25;/h9-11,16H,3-8,12-15,17H2,1-2H3,(H,22,23);1H. The molecule has 1 aliphatic rings. The molecule has 0 unspecified atom stereocenters. The molecule has 0 radical (unpaired) electrons. The van der Waals surface area contributed by atoms with Crippen molar-refractivity contribution < 1.29 is 4.39 Å². The van der Waals surface area contributed by atoms with Crippen molar-refractivity contribution in [3.8, 4) is 0 Å². The van der Waals surface area contributed by atoms with Crippen LogP contribution >= 0.6 is 24.0 Å². The average Bonchev–Trinajstić information content (AvgIpc) is 2.62. The molecular weight excluding hydrogens is 442 g/mol. The van der Waals surface area contributed by atoms with Gasteiger partial charge in [0.1, 0.15) is 5.82 Å². The van der Waals surface area contributed by atoms with E-state index in [9.17, 15) is 4.39 Å². The van der Waals surface area contributed by atoms with Crippen molar-refractivity contribution in [3.63, 3.8) is 0 Å². The van der Waals surface area contributed by atoms with Gasteiger partial charge in [0.2, 0.25) is 0 Å². The van der Waals surface area contributed by atoms with E-state index in [4.69, 9.17) is 0 Å². The van der Waals surface area contributed by atoms with Crippen LogP contribution in [-0.4, -0.2) is 56.0 Å². The third-order valence-corrected chi connectivity index (χ3v) is 4.77. The number of rotatable bonds is 8. The number of halogens is 2. The Hall–Kier alpha value is -0.890. The fourth-order valence-corrected chi connectivity index (χ4v) is 3.39. The summed E-state index contributed by atoms with van der Waals surface area (Å²) in [5.41, 5.74) is 0.951. The van der Waals surface area contributed by atoms with Gasteiger partial charge in [-0.05, 0) is 63.0 Å². The van der Waals surface area contributed by atoms with Crippen LogP contribution in [0.25, 0.3) is 0 Å². The zero-order valence-electron chi connectivity index (χ0n) is 16.2. The number of hydrogen-bond donors (Lipinski definition) is 1. The van der Waals surface area contributed by atoms with Gasteiger partial charge in [-0.15, -0.1) is 24.0 Å². The number of unbranched alkanes of at least 4 members (excludes halogenated alkanes) is 2. The van der Waals surface area contributed by atoms with Crippen molar-refractivity contribution in [2.75, 3.05) is 40.3 Å². The molecule has 1 aliphatic heterocycles. The number of nitrogens with zero attached hydrogens (tertiary/aromatic N) is 3. The van der Waals surface area contributed by atoms with Crippen LogP contribution in [0.4, 0.5) is 4.39 Å². The van der Waals surface area contributed by atoms with Gasteiger partial charge in [-0.3, -0.25) is 4.99 Å². The van der Waals surface area contributed by atoms with E-state index >= 15 is 0 Å². The Balaban J connectivity index is 0.00000338. The van der Waals surface area contributed by atoms with Crippen molar-refractivity contribution in [2.45, 2.75) is 45.1 Å². The Labute approximate surface area is 175 Å². The molecular formula is C20H34FIN4. The lowest BCUT2D eigenvalue weighted by Gasteiger charge is -2.26. The van der Waals surface area contributed by atoms with Crippen molar-refractivity contribution in [2.24, 2.45) is 4.99 Å². The smallest absolute Gasteiger partial charge is 0.193 e. The van der Waals surface area contributed by atoms with Gasteiger partial charge in [0.25, 0.3) is 0 Å². The predicted molar refractivity (Wildman–Crippen MR) is 119 cm³/mol. The fourth-order valence-electron chi connectivity index (χ4n) is 3.39. The van der Waals surface area contributed by atoms with Gasteiger partial charge in [-0.2, -0.15) is 0 Å². The van der Waals surface area contributed by atoms with E-state index in [1.54, 1.807) is 19.2 Å². The zero-order chi connectivity index (χ0) is 17.9. The lowest BCUT2D eigenvalue weighted by Crippen LogP contribution is -2.38. The van der Waals surface area contributed by atoms with Crippen LogP contribution in [0.1, 0.15) is 44.1 Å². The first-order valence-electron chi connectivity index (χ1n) is 9.57. The fraction of sp³-hybridized carbons (Fsp3) is 0.650. The molecule has 0 aromatic heterocycles. The number of likely N-dealkylation sites (tertiary alicyclic amines) is 1. The van der Waals surface area contributed by atoms with Gasteiger partial charge < -0.3 is 15.1 Å². The first-order chi connectivity index (χ1) is 12.2. The largest absolute Gasteiger partial charge is 0.356 e. The van der Waals surface area contributed by atoms with E-state index in [1.807, 2.05) is 18.0 Å². The Morgan fingerprint density at radius 2 is 1.96 bits per heavy atom. The lowest BCUT2D eigenvalue weighted by molar-refractivity contribution is 0.224. The summed E-state index contributed by atoms with van der Waals surface area (Å²) in [7, 11) is 3.78. The van der Waals surface area contributed by atoms with Crippen LogP contribution in [0, 0.1) is 5.82 Å². The molecule has 1 aromatic rings. The minimum Gasteiger partial charge on any atom is -0.356 e. The molecule has 4 nitrogen and oxygen atoms in total. The number of hydrogen-bond acceptors (Lipinski definition) is 2. The minimum absolute atomic E-state index is 0. The SMILES string of the molecule is CN=C(NCCCCCN1CCCCC1)N(C)Cc1cccc(F)c1.I.